The van der Waals surface area contributed by atoms with E-state index in [9.17, 15) is 13.6 Å². The number of imidazole rings is 1. The van der Waals surface area contributed by atoms with Crippen LogP contribution in [-0.2, 0) is 0 Å². The molecule has 1 saturated heterocycles. The van der Waals surface area contributed by atoms with E-state index in [-0.39, 0.29) is 28.5 Å². The maximum atomic E-state index is 14.8. The van der Waals surface area contributed by atoms with Gasteiger partial charge in [0.15, 0.2) is 0 Å². The third-order valence-electron chi connectivity index (χ3n) is 5.22. The monoisotopic (exact) mass is 370 g/mol. The van der Waals surface area contributed by atoms with Gasteiger partial charge in [0, 0.05) is 6.04 Å². The van der Waals surface area contributed by atoms with Crippen molar-refractivity contribution in [2.24, 2.45) is 5.73 Å². The number of hydrogen-bond donors (Lipinski definition) is 2. The van der Waals surface area contributed by atoms with Crippen LogP contribution in [0.1, 0.15) is 41.7 Å². The average Bonchev–Trinajstić information content (AvgIpc) is 3.26. The summed E-state index contributed by atoms with van der Waals surface area (Å²) in [5, 5.41) is 0. The number of nitrogens with zero attached hydrogens (tertiary/aromatic N) is 2. The summed E-state index contributed by atoms with van der Waals surface area (Å²) in [6.07, 6.45) is 2.12. The molecule has 7 heteroatoms. The molecule has 1 unspecified atom stereocenters. The van der Waals surface area contributed by atoms with Crippen LogP contribution in [-0.4, -0.2) is 33.9 Å². The number of aromatic nitrogens is 2. The number of amides is 1. The molecule has 1 amide bonds. The van der Waals surface area contributed by atoms with Crippen LogP contribution in [0.4, 0.5) is 8.78 Å². The number of H-pyrrole nitrogens is 1. The maximum Gasteiger partial charge on any atom is 0.251 e. The molecule has 1 aliphatic rings. The summed E-state index contributed by atoms with van der Waals surface area (Å²) in [6.45, 7) is 4.06. The van der Waals surface area contributed by atoms with Gasteiger partial charge in [-0.2, -0.15) is 0 Å². The number of fused-ring (bicyclic) bond motifs is 1. The molecule has 0 bridgehead atoms. The minimum atomic E-state index is -0.783. The molecule has 1 atom stereocenters. The van der Waals surface area contributed by atoms with Gasteiger partial charge in [-0.3, -0.25) is 9.69 Å². The third-order valence-corrected chi connectivity index (χ3v) is 5.22. The zero-order valence-corrected chi connectivity index (χ0v) is 14.9. The lowest BCUT2D eigenvalue weighted by atomic mass is 10.0. The van der Waals surface area contributed by atoms with Crippen molar-refractivity contribution >= 4 is 16.9 Å². The molecule has 0 spiro atoms. The van der Waals surface area contributed by atoms with Gasteiger partial charge < -0.3 is 10.7 Å². The van der Waals surface area contributed by atoms with E-state index >= 15 is 0 Å². The molecule has 1 aromatic heterocycles. The molecular weight excluding hydrogens is 350 g/mol. The Bertz CT molecular complexity index is 1030. The second-order valence-electron chi connectivity index (χ2n) is 6.83. The van der Waals surface area contributed by atoms with Crippen molar-refractivity contribution in [1.29, 1.82) is 0 Å². The van der Waals surface area contributed by atoms with Crippen LogP contribution in [0.15, 0.2) is 30.3 Å². The Morgan fingerprint density at radius 1 is 1.33 bits per heavy atom. The first-order chi connectivity index (χ1) is 13.0. The lowest BCUT2D eigenvalue weighted by Crippen LogP contribution is -2.22. The van der Waals surface area contributed by atoms with E-state index in [4.69, 9.17) is 5.73 Å². The van der Waals surface area contributed by atoms with Gasteiger partial charge in [0.05, 0.1) is 16.6 Å². The highest BCUT2D eigenvalue weighted by molar-refractivity contribution is 6.04. The fourth-order valence-corrected chi connectivity index (χ4v) is 3.91. The number of benzene rings is 2. The summed E-state index contributed by atoms with van der Waals surface area (Å²) in [7, 11) is 0. The first kappa shape index (κ1) is 17.6. The molecule has 0 aliphatic carbocycles. The van der Waals surface area contributed by atoms with Gasteiger partial charge in [0.1, 0.15) is 23.0 Å². The standard InChI is InChI=1S/C20H20F2N4O/c1-2-26-7-3-4-17(26)11-5-6-13(15(22)8-11)20-24-16-10-12(21)9-14(19(23)27)18(16)25-20/h5-6,8-10,17H,2-4,7H2,1H3,(H2,23,27)(H,24,25). The lowest BCUT2D eigenvalue weighted by Gasteiger charge is -2.23. The summed E-state index contributed by atoms with van der Waals surface area (Å²) < 4.78 is 28.6. The number of carbonyl (C=O) groups is 1. The highest BCUT2D eigenvalue weighted by atomic mass is 19.1. The fraction of sp³-hybridized carbons (Fsp3) is 0.300. The highest BCUT2D eigenvalue weighted by Gasteiger charge is 2.25. The van der Waals surface area contributed by atoms with Gasteiger partial charge in [-0.05, 0) is 55.8 Å². The fourth-order valence-electron chi connectivity index (χ4n) is 3.91. The summed E-state index contributed by atoms with van der Waals surface area (Å²) in [4.78, 5) is 21.1. The molecular formula is C20H20F2N4O. The molecule has 0 radical (unpaired) electrons. The van der Waals surface area contributed by atoms with Crippen LogP contribution in [0.3, 0.4) is 0 Å². The molecule has 2 aromatic carbocycles. The van der Waals surface area contributed by atoms with Crippen LogP contribution in [0.25, 0.3) is 22.4 Å². The Morgan fingerprint density at radius 2 is 2.15 bits per heavy atom. The number of carbonyl (C=O) groups excluding carboxylic acids is 1. The van der Waals surface area contributed by atoms with E-state index in [1.807, 2.05) is 6.07 Å². The van der Waals surface area contributed by atoms with Crippen molar-refractivity contribution in [3.05, 3.63) is 53.1 Å². The Morgan fingerprint density at radius 3 is 2.85 bits per heavy atom. The Balaban J connectivity index is 1.75. The van der Waals surface area contributed by atoms with Crippen molar-refractivity contribution in [3.63, 3.8) is 0 Å². The van der Waals surface area contributed by atoms with Gasteiger partial charge in [0.2, 0.25) is 0 Å². The van der Waals surface area contributed by atoms with Gasteiger partial charge in [-0.1, -0.05) is 13.0 Å². The van der Waals surface area contributed by atoms with Crippen molar-refractivity contribution < 1.29 is 13.6 Å². The summed E-state index contributed by atoms with van der Waals surface area (Å²) in [6, 6.07) is 7.59. The van der Waals surface area contributed by atoms with Crippen molar-refractivity contribution in [1.82, 2.24) is 14.9 Å². The van der Waals surface area contributed by atoms with Gasteiger partial charge in [-0.25, -0.2) is 13.8 Å². The first-order valence-corrected chi connectivity index (χ1v) is 9.01. The molecule has 1 aliphatic heterocycles. The number of likely N-dealkylation sites (tertiary alicyclic amines) is 1. The Kier molecular flexibility index (Phi) is 4.39. The second kappa shape index (κ2) is 6.74. The zero-order valence-electron chi connectivity index (χ0n) is 14.9. The molecule has 0 saturated carbocycles. The van der Waals surface area contributed by atoms with E-state index in [0.29, 0.717) is 5.52 Å². The smallest absolute Gasteiger partial charge is 0.251 e. The van der Waals surface area contributed by atoms with Crippen LogP contribution >= 0.6 is 0 Å². The van der Waals surface area contributed by atoms with Crippen LogP contribution in [0.2, 0.25) is 0 Å². The SMILES string of the molecule is CCN1CCCC1c1ccc(-c2nc3c(C(N)=O)cc(F)cc3[nH]2)c(F)c1. The molecule has 1 fully saturated rings. The second-order valence-corrected chi connectivity index (χ2v) is 6.83. The molecule has 140 valence electrons. The largest absolute Gasteiger partial charge is 0.366 e. The van der Waals surface area contributed by atoms with E-state index in [2.05, 4.69) is 21.8 Å². The normalized spacial score (nSPS) is 17.7. The minimum absolute atomic E-state index is 0.0333. The zero-order chi connectivity index (χ0) is 19.1. The summed E-state index contributed by atoms with van der Waals surface area (Å²) in [5.41, 5.74) is 7.01. The Hall–Kier alpha value is -2.80. The van der Waals surface area contributed by atoms with E-state index < -0.39 is 17.5 Å². The van der Waals surface area contributed by atoms with Crippen molar-refractivity contribution in [3.8, 4) is 11.4 Å². The highest BCUT2D eigenvalue weighted by Crippen LogP contribution is 2.34. The topological polar surface area (TPSA) is 75.0 Å². The summed E-state index contributed by atoms with van der Waals surface area (Å²) >= 11 is 0. The van der Waals surface area contributed by atoms with E-state index in [1.54, 1.807) is 6.07 Å². The molecule has 3 N–H and O–H groups in total. The molecule has 4 rings (SSSR count). The van der Waals surface area contributed by atoms with E-state index in [1.165, 1.54) is 12.1 Å². The average molecular weight is 370 g/mol. The van der Waals surface area contributed by atoms with E-state index in [0.717, 1.165) is 37.6 Å². The van der Waals surface area contributed by atoms with Gasteiger partial charge in [0.25, 0.3) is 5.91 Å². The van der Waals surface area contributed by atoms with Gasteiger partial charge in [-0.15, -0.1) is 0 Å². The predicted octanol–water partition coefficient (Wildman–Crippen LogP) is 3.76. The first-order valence-electron chi connectivity index (χ1n) is 9.01. The molecule has 3 aromatic rings. The number of rotatable bonds is 4. The quantitative estimate of drug-likeness (QED) is 0.734. The van der Waals surface area contributed by atoms with Crippen LogP contribution < -0.4 is 5.73 Å². The van der Waals surface area contributed by atoms with Crippen LogP contribution in [0, 0.1) is 11.6 Å². The maximum absolute atomic E-state index is 14.8. The molecule has 27 heavy (non-hydrogen) atoms. The molecule has 2 heterocycles. The molecule has 5 nitrogen and oxygen atoms in total. The number of primary amides is 1. The number of nitrogens with one attached hydrogen (secondary N) is 1. The third kappa shape index (κ3) is 3.08. The van der Waals surface area contributed by atoms with Crippen LogP contribution in [0.5, 0.6) is 0 Å². The summed E-state index contributed by atoms with van der Waals surface area (Å²) in [5.74, 6) is -1.56. The Labute approximate surface area is 155 Å². The number of aromatic amines is 1. The van der Waals surface area contributed by atoms with Crippen molar-refractivity contribution in [2.45, 2.75) is 25.8 Å². The number of hydrogen-bond acceptors (Lipinski definition) is 3. The number of nitrogens with two attached hydrogens (primary N) is 1. The van der Waals surface area contributed by atoms with Crippen molar-refractivity contribution in [2.75, 3.05) is 13.1 Å². The number of halogens is 2. The predicted molar refractivity (Wildman–Crippen MR) is 99.2 cm³/mol. The lowest BCUT2D eigenvalue weighted by molar-refractivity contribution is 0.100. The minimum Gasteiger partial charge on any atom is -0.366 e. The van der Waals surface area contributed by atoms with Gasteiger partial charge >= 0.3 is 0 Å².